The predicted octanol–water partition coefficient (Wildman–Crippen LogP) is 2.91. The first-order valence-corrected chi connectivity index (χ1v) is 9.71. The van der Waals surface area contributed by atoms with Crippen LogP contribution >= 0.6 is 12.2 Å². The van der Waals surface area contributed by atoms with Crippen LogP contribution in [-0.2, 0) is 0 Å². The van der Waals surface area contributed by atoms with E-state index in [9.17, 15) is 0 Å². The maximum absolute atomic E-state index is 5.61. The van der Waals surface area contributed by atoms with Gasteiger partial charge in [0.15, 0.2) is 5.11 Å². The average Bonchev–Trinajstić information content (AvgIpc) is 2.66. The van der Waals surface area contributed by atoms with Crippen LogP contribution < -0.4 is 10.2 Å². The van der Waals surface area contributed by atoms with Crippen molar-refractivity contribution in [3.8, 4) is 0 Å². The summed E-state index contributed by atoms with van der Waals surface area (Å²) in [6.07, 6.45) is 4.50. The normalized spacial score (nSPS) is 15.4. The lowest BCUT2D eigenvalue weighted by molar-refractivity contribution is -0.897. The first kappa shape index (κ1) is 18.6. The molecule has 0 spiro atoms. The number of rotatable bonds is 4. The summed E-state index contributed by atoms with van der Waals surface area (Å²) in [5.74, 6) is 0. The van der Waals surface area contributed by atoms with Gasteiger partial charge in [-0.15, -0.1) is 0 Å². The highest BCUT2D eigenvalue weighted by Crippen LogP contribution is 2.14. The third-order valence-electron chi connectivity index (χ3n) is 5.03. The molecule has 4 heteroatoms. The molecule has 1 aliphatic heterocycles. The lowest BCUT2D eigenvalue weighted by Crippen LogP contribution is -3.14. The Kier molecular flexibility index (Phi) is 6.42. The minimum atomic E-state index is 0.840. The SMILES string of the molecule is Cc1ccc(NC(=S)N2CC[NH+](C/C=C/c3ccccc3)CC2)cc1C. The molecule has 1 aliphatic rings. The summed E-state index contributed by atoms with van der Waals surface area (Å²) in [5, 5.41) is 4.23. The number of nitrogens with zero attached hydrogens (tertiary/aromatic N) is 1. The molecule has 0 radical (unpaired) electrons. The Labute approximate surface area is 162 Å². The fourth-order valence-electron chi connectivity index (χ4n) is 3.18. The van der Waals surface area contributed by atoms with E-state index in [1.165, 1.54) is 16.7 Å². The Bertz CT molecular complexity index is 762. The Morgan fingerprint density at radius 2 is 1.81 bits per heavy atom. The molecule has 0 bridgehead atoms. The molecule has 1 fully saturated rings. The highest BCUT2D eigenvalue weighted by atomic mass is 32.1. The summed E-state index contributed by atoms with van der Waals surface area (Å²) in [5.41, 5.74) is 4.95. The lowest BCUT2D eigenvalue weighted by atomic mass is 10.1. The molecule has 0 saturated carbocycles. The highest BCUT2D eigenvalue weighted by molar-refractivity contribution is 7.80. The first-order valence-electron chi connectivity index (χ1n) is 9.30. The van der Waals surface area contributed by atoms with Gasteiger partial charge in [0.1, 0.15) is 0 Å². The lowest BCUT2D eigenvalue weighted by Gasteiger charge is -2.33. The standard InChI is InChI=1S/C22H27N3S/c1-18-10-11-21(17-19(18)2)23-22(26)25-15-13-24(14-16-25)12-6-9-20-7-4-3-5-8-20/h3-11,17H,12-16H2,1-2H3,(H,23,26)/p+1/b9-6+. The van der Waals surface area contributed by atoms with Crippen molar-refractivity contribution in [1.82, 2.24) is 4.90 Å². The van der Waals surface area contributed by atoms with E-state index in [-0.39, 0.29) is 0 Å². The van der Waals surface area contributed by atoms with Gasteiger partial charge in [-0.25, -0.2) is 0 Å². The van der Waals surface area contributed by atoms with E-state index in [4.69, 9.17) is 12.2 Å². The number of piperazine rings is 1. The van der Waals surface area contributed by atoms with Crippen molar-refractivity contribution in [3.05, 3.63) is 71.3 Å². The zero-order valence-electron chi connectivity index (χ0n) is 15.7. The fraction of sp³-hybridized carbons (Fsp3) is 0.318. The van der Waals surface area contributed by atoms with Crippen molar-refractivity contribution in [2.24, 2.45) is 0 Å². The van der Waals surface area contributed by atoms with E-state index in [1.54, 1.807) is 4.90 Å². The first-order chi connectivity index (χ1) is 12.6. The number of nitrogens with one attached hydrogen (secondary N) is 2. The third-order valence-corrected chi connectivity index (χ3v) is 5.39. The smallest absolute Gasteiger partial charge is 0.173 e. The minimum Gasteiger partial charge on any atom is -0.338 e. The van der Waals surface area contributed by atoms with Crippen LogP contribution in [0.2, 0.25) is 0 Å². The summed E-state index contributed by atoms with van der Waals surface area (Å²) in [7, 11) is 0. The number of quaternary nitrogens is 1. The Morgan fingerprint density at radius 1 is 1.08 bits per heavy atom. The minimum absolute atomic E-state index is 0.840. The Morgan fingerprint density at radius 3 is 2.50 bits per heavy atom. The van der Waals surface area contributed by atoms with Crippen molar-refractivity contribution >= 4 is 29.1 Å². The zero-order chi connectivity index (χ0) is 18.4. The number of aryl methyl sites for hydroxylation is 2. The summed E-state index contributed by atoms with van der Waals surface area (Å²) < 4.78 is 0. The molecule has 1 heterocycles. The molecule has 0 atom stereocenters. The maximum atomic E-state index is 5.61. The second kappa shape index (κ2) is 8.97. The van der Waals surface area contributed by atoms with E-state index < -0.39 is 0 Å². The number of hydrogen-bond donors (Lipinski definition) is 2. The molecule has 3 rings (SSSR count). The van der Waals surface area contributed by atoms with Crippen molar-refractivity contribution < 1.29 is 4.90 Å². The second-order valence-corrected chi connectivity index (χ2v) is 7.37. The molecule has 0 amide bonds. The third kappa shape index (κ3) is 5.16. The highest BCUT2D eigenvalue weighted by Gasteiger charge is 2.20. The van der Waals surface area contributed by atoms with Gasteiger partial charge in [0.05, 0.1) is 32.7 Å². The van der Waals surface area contributed by atoms with E-state index in [0.29, 0.717) is 0 Å². The topological polar surface area (TPSA) is 19.7 Å². The van der Waals surface area contributed by atoms with Crippen molar-refractivity contribution in [3.63, 3.8) is 0 Å². The number of hydrogen-bond acceptors (Lipinski definition) is 1. The number of thiocarbonyl (C=S) groups is 1. The van der Waals surface area contributed by atoms with E-state index in [1.807, 2.05) is 0 Å². The van der Waals surface area contributed by atoms with Gasteiger partial charge in [-0.2, -0.15) is 0 Å². The van der Waals surface area contributed by atoms with Gasteiger partial charge < -0.3 is 15.1 Å². The summed E-state index contributed by atoms with van der Waals surface area (Å²) in [6, 6.07) is 16.9. The fourth-order valence-corrected chi connectivity index (χ4v) is 3.48. The maximum Gasteiger partial charge on any atom is 0.173 e. The van der Waals surface area contributed by atoms with Gasteiger partial charge in [0.2, 0.25) is 0 Å². The van der Waals surface area contributed by atoms with Crippen LogP contribution in [0.1, 0.15) is 16.7 Å². The van der Waals surface area contributed by atoms with E-state index in [2.05, 4.69) is 84.7 Å². The molecular formula is C22H28N3S+. The van der Waals surface area contributed by atoms with Crippen LogP contribution in [0.15, 0.2) is 54.6 Å². The second-order valence-electron chi connectivity index (χ2n) is 6.98. The van der Waals surface area contributed by atoms with Crippen LogP contribution in [-0.4, -0.2) is 42.7 Å². The molecule has 2 N–H and O–H groups in total. The van der Waals surface area contributed by atoms with Gasteiger partial charge >= 0.3 is 0 Å². The summed E-state index contributed by atoms with van der Waals surface area (Å²) in [6.45, 7) is 9.58. The molecular weight excluding hydrogens is 338 g/mol. The monoisotopic (exact) mass is 366 g/mol. The Hall–Kier alpha value is -2.17. The molecule has 136 valence electrons. The molecule has 2 aromatic rings. The molecule has 2 aromatic carbocycles. The van der Waals surface area contributed by atoms with Gasteiger partial charge in [0.25, 0.3) is 0 Å². The van der Waals surface area contributed by atoms with Gasteiger partial charge in [-0.05, 0) is 61.0 Å². The average molecular weight is 367 g/mol. The number of benzene rings is 2. The molecule has 0 aliphatic carbocycles. The van der Waals surface area contributed by atoms with Crippen molar-refractivity contribution in [1.29, 1.82) is 0 Å². The van der Waals surface area contributed by atoms with Crippen LogP contribution in [0.4, 0.5) is 5.69 Å². The van der Waals surface area contributed by atoms with Crippen molar-refractivity contribution in [2.75, 3.05) is 38.0 Å². The summed E-state index contributed by atoms with van der Waals surface area (Å²) >= 11 is 5.61. The quantitative estimate of drug-likeness (QED) is 0.812. The van der Waals surface area contributed by atoms with Gasteiger partial charge in [0, 0.05) is 5.69 Å². The zero-order valence-corrected chi connectivity index (χ0v) is 16.5. The van der Waals surface area contributed by atoms with Crippen LogP contribution in [0.25, 0.3) is 6.08 Å². The molecule has 26 heavy (non-hydrogen) atoms. The van der Waals surface area contributed by atoms with Crippen molar-refractivity contribution in [2.45, 2.75) is 13.8 Å². The summed E-state index contributed by atoms with van der Waals surface area (Å²) in [4.78, 5) is 3.90. The molecule has 1 saturated heterocycles. The number of anilines is 1. The van der Waals surface area contributed by atoms with Gasteiger partial charge in [-0.3, -0.25) is 0 Å². The Balaban J connectivity index is 1.44. The predicted molar refractivity (Wildman–Crippen MR) is 115 cm³/mol. The van der Waals surface area contributed by atoms with Crippen LogP contribution in [0, 0.1) is 13.8 Å². The van der Waals surface area contributed by atoms with Crippen LogP contribution in [0.5, 0.6) is 0 Å². The van der Waals surface area contributed by atoms with E-state index >= 15 is 0 Å². The molecule has 0 unspecified atom stereocenters. The molecule has 3 nitrogen and oxygen atoms in total. The van der Waals surface area contributed by atoms with E-state index in [0.717, 1.165) is 43.5 Å². The van der Waals surface area contributed by atoms with Crippen LogP contribution in [0.3, 0.4) is 0 Å². The molecule has 0 aromatic heterocycles. The van der Waals surface area contributed by atoms with Gasteiger partial charge in [-0.1, -0.05) is 42.5 Å². The largest absolute Gasteiger partial charge is 0.338 e.